The number of carbonyl (C=O) groups is 1. The van der Waals surface area contributed by atoms with Gasteiger partial charge in [0.15, 0.2) is 0 Å². The first kappa shape index (κ1) is 15.6. The molecule has 0 fully saturated rings. The Labute approximate surface area is 136 Å². The number of benzene rings is 1. The number of hydrogen-bond donors (Lipinski definition) is 1. The molecule has 1 N–H and O–H groups in total. The van der Waals surface area contributed by atoms with E-state index in [9.17, 15) is 4.79 Å². The zero-order valence-electron chi connectivity index (χ0n) is 14.1. The molecule has 23 heavy (non-hydrogen) atoms. The summed E-state index contributed by atoms with van der Waals surface area (Å²) in [7, 11) is 6.00. The lowest BCUT2D eigenvalue weighted by Gasteiger charge is -2.17. The highest BCUT2D eigenvalue weighted by molar-refractivity contribution is 5.89. The summed E-state index contributed by atoms with van der Waals surface area (Å²) in [4.78, 5) is 16.4. The molecule has 3 rings (SSSR count). The molecule has 1 aliphatic heterocycles. The van der Waals surface area contributed by atoms with Crippen LogP contribution in [0, 0.1) is 6.92 Å². The van der Waals surface area contributed by atoms with Crippen molar-refractivity contribution in [1.82, 2.24) is 19.6 Å². The molecule has 0 spiro atoms. The van der Waals surface area contributed by atoms with Crippen LogP contribution in [0.5, 0.6) is 0 Å². The van der Waals surface area contributed by atoms with Crippen LogP contribution in [0.15, 0.2) is 24.3 Å². The van der Waals surface area contributed by atoms with Crippen LogP contribution in [-0.4, -0.2) is 39.7 Å². The van der Waals surface area contributed by atoms with E-state index in [0.29, 0.717) is 13.1 Å². The van der Waals surface area contributed by atoms with Gasteiger partial charge in [-0.25, -0.2) is 4.79 Å². The highest BCUT2D eigenvalue weighted by Crippen LogP contribution is 2.26. The molecule has 0 atom stereocenters. The molecular weight excluding hydrogens is 290 g/mol. The minimum atomic E-state index is -0.0687. The molecule has 0 saturated carbocycles. The Kier molecular flexibility index (Phi) is 4.09. The van der Waals surface area contributed by atoms with Gasteiger partial charge >= 0.3 is 6.03 Å². The Bertz CT molecular complexity index is 717. The molecule has 0 bridgehead atoms. The van der Waals surface area contributed by atoms with Gasteiger partial charge in [0.25, 0.3) is 0 Å². The third kappa shape index (κ3) is 3.22. The van der Waals surface area contributed by atoms with Crippen molar-refractivity contribution >= 4 is 11.7 Å². The summed E-state index contributed by atoms with van der Waals surface area (Å²) in [5.74, 6) is 0. The van der Waals surface area contributed by atoms with Crippen LogP contribution in [0.2, 0.25) is 0 Å². The number of amides is 2. The van der Waals surface area contributed by atoms with E-state index in [0.717, 1.165) is 23.6 Å². The van der Waals surface area contributed by atoms with Crippen molar-refractivity contribution in [3.05, 3.63) is 46.8 Å². The molecule has 6 heteroatoms. The molecular formula is C17H23N5O. The molecule has 1 aromatic heterocycles. The average molecular weight is 313 g/mol. The van der Waals surface area contributed by atoms with Gasteiger partial charge in [0, 0.05) is 24.8 Å². The van der Waals surface area contributed by atoms with Crippen molar-refractivity contribution in [3.63, 3.8) is 0 Å². The zero-order valence-corrected chi connectivity index (χ0v) is 14.1. The average Bonchev–Trinajstić information content (AvgIpc) is 3.03. The predicted molar refractivity (Wildman–Crippen MR) is 90.0 cm³/mol. The number of anilines is 1. The highest BCUT2D eigenvalue weighted by atomic mass is 16.2. The number of rotatable bonds is 3. The van der Waals surface area contributed by atoms with Gasteiger partial charge in [-0.2, -0.15) is 5.10 Å². The van der Waals surface area contributed by atoms with E-state index in [1.54, 1.807) is 0 Å². The van der Waals surface area contributed by atoms with Crippen molar-refractivity contribution < 1.29 is 4.79 Å². The number of fused-ring (bicyclic) bond motifs is 1. The fourth-order valence-corrected chi connectivity index (χ4v) is 2.88. The number of nitrogens with zero attached hydrogens (tertiary/aromatic N) is 4. The molecule has 122 valence electrons. The highest BCUT2D eigenvalue weighted by Gasteiger charge is 2.29. The van der Waals surface area contributed by atoms with Crippen molar-refractivity contribution in [1.29, 1.82) is 0 Å². The third-order valence-electron chi connectivity index (χ3n) is 4.10. The Morgan fingerprint density at radius 1 is 1.26 bits per heavy atom. The zero-order chi connectivity index (χ0) is 16.6. The normalized spacial score (nSPS) is 13.5. The summed E-state index contributed by atoms with van der Waals surface area (Å²) >= 11 is 0. The Balaban J connectivity index is 1.71. The largest absolute Gasteiger partial charge is 0.322 e. The quantitative estimate of drug-likeness (QED) is 0.946. The fourth-order valence-electron chi connectivity index (χ4n) is 2.88. The lowest BCUT2D eigenvalue weighted by molar-refractivity contribution is 0.211. The van der Waals surface area contributed by atoms with Crippen molar-refractivity contribution in [2.75, 3.05) is 19.4 Å². The van der Waals surface area contributed by atoms with Crippen molar-refractivity contribution in [2.24, 2.45) is 7.05 Å². The SMILES string of the molecule is Cc1ccc(NC(=O)N2Cc3c(CN(C)C)nn(C)c3C2)cc1. The monoisotopic (exact) mass is 313 g/mol. The van der Waals surface area contributed by atoms with E-state index < -0.39 is 0 Å². The van der Waals surface area contributed by atoms with Gasteiger partial charge in [-0.1, -0.05) is 17.7 Å². The third-order valence-corrected chi connectivity index (χ3v) is 4.10. The molecule has 0 saturated heterocycles. The van der Waals surface area contributed by atoms with Gasteiger partial charge < -0.3 is 15.1 Å². The molecule has 2 heterocycles. The maximum Gasteiger partial charge on any atom is 0.322 e. The predicted octanol–water partition coefficient (Wildman–Crippen LogP) is 2.34. The summed E-state index contributed by atoms with van der Waals surface area (Å²) in [6, 6.07) is 7.77. The van der Waals surface area contributed by atoms with E-state index in [4.69, 9.17) is 0 Å². The van der Waals surface area contributed by atoms with E-state index in [2.05, 4.69) is 15.3 Å². The van der Waals surface area contributed by atoms with Crippen molar-refractivity contribution in [3.8, 4) is 0 Å². The second kappa shape index (κ2) is 6.04. The maximum atomic E-state index is 12.5. The first-order valence-corrected chi connectivity index (χ1v) is 7.75. The van der Waals surface area contributed by atoms with Crippen LogP contribution in [0.25, 0.3) is 0 Å². The first-order valence-electron chi connectivity index (χ1n) is 7.75. The number of aromatic nitrogens is 2. The number of urea groups is 1. The van der Waals surface area contributed by atoms with Crippen LogP contribution in [0.4, 0.5) is 10.5 Å². The van der Waals surface area contributed by atoms with Crippen LogP contribution in [0.3, 0.4) is 0 Å². The van der Waals surface area contributed by atoms with Gasteiger partial charge in [-0.05, 0) is 33.2 Å². The summed E-state index contributed by atoms with van der Waals surface area (Å²) in [5, 5.41) is 7.54. The molecule has 6 nitrogen and oxygen atoms in total. The van der Waals surface area contributed by atoms with Gasteiger partial charge in [-0.3, -0.25) is 4.68 Å². The fraction of sp³-hybridized carbons (Fsp3) is 0.412. The van der Waals surface area contributed by atoms with Crippen LogP contribution in [0.1, 0.15) is 22.5 Å². The standard InChI is InChI=1S/C17H23N5O/c1-12-5-7-13(8-6-12)18-17(23)22-9-14-15(10-20(2)3)19-21(4)16(14)11-22/h5-8H,9-11H2,1-4H3,(H,18,23). The molecule has 2 aromatic rings. The van der Waals surface area contributed by atoms with Crippen molar-refractivity contribution in [2.45, 2.75) is 26.6 Å². The first-order chi connectivity index (χ1) is 10.9. The van der Waals surface area contributed by atoms with Crippen LogP contribution >= 0.6 is 0 Å². The number of carbonyl (C=O) groups excluding carboxylic acids is 1. The smallest absolute Gasteiger partial charge is 0.314 e. The minimum Gasteiger partial charge on any atom is -0.314 e. The molecule has 0 unspecified atom stereocenters. The topological polar surface area (TPSA) is 53.4 Å². The summed E-state index contributed by atoms with van der Waals surface area (Å²) in [5.41, 5.74) is 5.36. The molecule has 2 amide bonds. The maximum absolute atomic E-state index is 12.5. The van der Waals surface area contributed by atoms with Crippen LogP contribution in [-0.2, 0) is 26.7 Å². The summed E-state index contributed by atoms with van der Waals surface area (Å²) in [6.07, 6.45) is 0. The number of aryl methyl sites for hydroxylation is 2. The Morgan fingerprint density at radius 3 is 2.61 bits per heavy atom. The van der Waals surface area contributed by atoms with E-state index in [-0.39, 0.29) is 6.03 Å². The number of nitrogens with one attached hydrogen (secondary N) is 1. The van der Waals surface area contributed by atoms with E-state index in [1.807, 2.05) is 61.9 Å². The molecule has 0 radical (unpaired) electrons. The lowest BCUT2D eigenvalue weighted by atomic mass is 10.2. The molecule has 1 aliphatic rings. The van der Waals surface area contributed by atoms with Gasteiger partial charge in [0.1, 0.15) is 0 Å². The Hall–Kier alpha value is -2.34. The van der Waals surface area contributed by atoms with Gasteiger partial charge in [-0.15, -0.1) is 0 Å². The van der Waals surface area contributed by atoms with Gasteiger partial charge in [0.05, 0.1) is 24.5 Å². The second-order valence-corrected chi connectivity index (χ2v) is 6.39. The lowest BCUT2D eigenvalue weighted by Crippen LogP contribution is -2.31. The van der Waals surface area contributed by atoms with E-state index in [1.165, 1.54) is 11.1 Å². The molecule has 1 aromatic carbocycles. The summed E-state index contributed by atoms with van der Waals surface area (Å²) in [6.45, 7) is 4.03. The molecule has 0 aliphatic carbocycles. The van der Waals surface area contributed by atoms with Crippen LogP contribution < -0.4 is 5.32 Å². The summed E-state index contributed by atoms with van der Waals surface area (Å²) < 4.78 is 1.90. The van der Waals surface area contributed by atoms with E-state index >= 15 is 0 Å². The number of hydrogen-bond acceptors (Lipinski definition) is 3. The minimum absolute atomic E-state index is 0.0687. The second-order valence-electron chi connectivity index (χ2n) is 6.39. The van der Waals surface area contributed by atoms with Gasteiger partial charge in [0.2, 0.25) is 0 Å². The Morgan fingerprint density at radius 2 is 1.96 bits per heavy atom.